The van der Waals surface area contributed by atoms with Crippen LogP contribution in [0.4, 0.5) is 0 Å². The van der Waals surface area contributed by atoms with E-state index in [1.165, 1.54) is 0 Å². The van der Waals surface area contributed by atoms with Crippen molar-refractivity contribution in [3.8, 4) is 0 Å². The van der Waals surface area contributed by atoms with E-state index < -0.39 is 0 Å². The van der Waals surface area contributed by atoms with Gasteiger partial charge in [0.2, 0.25) is 0 Å². The average Bonchev–Trinajstić information content (AvgIpc) is 2.65. The molecule has 26 heavy (non-hydrogen) atoms. The molecule has 1 aliphatic heterocycles. The molecule has 3 rings (SSSR count). The van der Waals surface area contributed by atoms with E-state index in [2.05, 4.69) is 0 Å². The van der Waals surface area contributed by atoms with Crippen molar-refractivity contribution in [2.24, 2.45) is 0 Å². The molecule has 0 aromatic heterocycles. The maximum absolute atomic E-state index is 12.9. The zero-order valence-corrected chi connectivity index (χ0v) is 15.7. The topological polar surface area (TPSA) is 71.2 Å². The summed E-state index contributed by atoms with van der Waals surface area (Å²) in [5.41, 5.74) is 1.06. The summed E-state index contributed by atoms with van der Waals surface area (Å²) in [6.07, 6.45) is 0. The van der Waals surface area contributed by atoms with E-state index in [0.717, 1.165) is 5.56 Å². The monoisotopic (exact) mass is 388 g/mol. The van der Waals surface area contributed by atoms with Crippen LogP contribution in [-0.4, -0.2) is 46.5 Å². The van der Waals surface area contributed by atoms with E-state index in [9.17, 15) is 4.79 Å². The highest BCUT2D eigenvalue weighted by Crippen LogP contribution is 2.28. The molecule has 1 aliphatic rings. The van der Waals surface area contributed by atoms with E-state index in [0.29, 0.717) is 17.1 Å². The van der Waals surface area contributed by atoms with Gasteiger partial charge in [0.25, 0.3) is 5.91 Å². The molecule has 134 valence electrons. The largest absolute Gasteiger partial charge is 0.327 e. The standard InChI is InChI=1S/C19H18Cl2N4O/c1-12-10-25(18(23)13-6-3-2-4-7-13)16(22)11-24(12)19(26)14-8-5-9-15(20)17(14)21/h2-9,12,22-23H,10-11H2,1H3. The second-order valence-electron chi connectivity index (χ2n) is 6.16. The Labute approximate surface area is 162 Å². The van der Waals surface area contributed by atoms with Gasteiger partial charge >= 0.3 is 0 Å². The van der Waals surface area contributed by atoms with Gasteiger partial charge in [0.15, 0.2) is 0 Å². The van der Waals surface area contributed by atoms with Crippen molar-refractivity contribution < 1.29 is 4.79 Å². The highest BCUT2D eigenvalue weighted by atomic mass is 35.5. The van der Waals surface area contributed by atoms with E-state index in [-0.39, 0.29) is 35.2 Å². The third kappa shape index (κ3) is 3.45. The number of amides is 1. The number of rotatable bonds is 2. The number of nitrogens with zero attached hydrogens (tertiary/aromatic N) is 2. The summed E-state index contributed by atoms with van der Waals surface area (Å²) in [4.78, 5) is 16.1. The zero-order valence-electron chi connectivity index (χ0n) is 14.2. The molecule has 0 bridgehead atoms. The molecular formula is C19H18Cl2N4O. The second kappa shape index (κ2) is 7.48. The number of carbonyl (C=O) groups is 1. The van der Waals surface area contributed by atoms with Crippen LogP contribution < -0.4 is 0 Å². The van der Waals surface area contributed by atoms with Gasteiger partial charge in [-0.1, -0.05) is 59.6 Å². The molecule has 0 radical (unpaired) electrons. The maximum atomic E-state index is 12.9. The van der Waals surface area contributed by atoms with E-state index in [1.54, 1.807) is 28.0 Å². The molecule has 1 atom stereocenters. The highest BCUT2D eigenvalue weighted by Gasteiger charge is 2.33. The van der Waals surface area contributed by atoms with Crippen LogP contribution in [0.25, 0.3) is 0 Å². The highest BCUT2D eigenvalue weighted by molar-refractivity contribution is 6.43. The first-order valence-electron chi connectivity index (χ1n) is 8.14. The van der Waals surface area contributed by atoms with Crippen LogP contribution in [0, 0.1) is 10.8 Å². The van der Waals surface area contributed by atoms with Crippen LogP contribution in [0.1, 0.15) is 22.8 Å². The lowest BCUT2D eigenvalue weighted by Gasteiger charge is -2.41. The summed E-state index contributed by atoms with van der Waals surface area (Å²) >= 11 is 12.2. The first kappa shape index (κ1) is 18.4. The van der Waals surface area contributed by atoms with Gasteiger partial charge < -0.3 is 9.80 Å². The normalized spacial score (nSPS) is 17.3. The fourth-order valence-corrected chi connectivity index (χ4v) is 3.33. The molecule has 2 aromatic rings. The first-order chi connectivity index (χ1) is 12.4. The van der Waals surface area contributed by atoms with Crippen LogP contribution in [0.3, 0.4) is 0 Å². The Morgan fingerprint density at radius 2 is 1.81 bits per heavy atom. The van der Waals surface area contributed by atoms with Crippen LogP contribution in [0.2, 0.25) is 10.0 Å². The number of hydrogen-bond acceptors (Lipinski definition) is 3. The molecule has 1 amide bonds. The van der Waals surface area contributed by atoms with Crippen LogP contribution in [-0.2, 0) is 0 Å². The molecular weight excluding hydrogens is 371 g/mol. The Bertz CT molecular complexity index is 869. The van der Waals surface area contributed by atoms with Gasteiger partial charge in [-0.2, -0.15) is 0 Å². The molecule has 2 aromatic carbocycles. The molecule has 1 heterocycles. The van der Waals surface area contributed by atoms with E-state index >= 15 is 0 Å². The summed E-state index contributed by atoms with van der Waals surface area (Å²) in [6, 6.07) is 14.0. The van der Waals surface area contributed by atoms with Crippen molar-refractivity contribution >= 4 is 40.8 Å². The fraction of sp³-hybridized carbons (Fsp3) is 0.211. The summed E-state index contributed by atoms with van der Waals surface area (Å²) < 4.78 is 0. The quantitative estimate of drug-likeness (QED) is 0.599. The van der Waals surface area contributed by atoms with Crippen LogP contribution >= 0.6 is 23.2 Å². The molecule has 1 fully saturated rings. The third-order valence-electron chi connectivity index (χ3n) is 4.38. The summed E-state index contributed by atoms with van der Waals surface area (Å²) in [5, 5.41) is 17.3. The lowest BCUT2D eigenvalue weighted by molar-refractivity contribution is 0.0683. The van der Waals surface area contributed by atoms with Crippen LogP contribution in [0.5, 0.6) is 0 Å². The molecule has 0 aliphatic carbocycles. The number of hydrogen-bond donors (Lipinski definition) is 2. The first-order valence-corrected chi connectivity index (χ1v) is 8.89. The van der Waals surface area contributed by atoms with Crippen molar-refractivity contribution in [3.63, 3.8) is 0 Å². The molecule has 0 spiro atoms. The Kier molecular flexibility index (Phi) is 5.30. The summed E-state index contributed by atoms with van der Waals surface area (Å²) in [6.45, 7) is 2.38. The average molecular weight is 389 g/mol. The Morgan fingerprint density at radius 1 is 1.12 bits per heavy atom. The van der Waals surface area contributed by atoms with Gasteiger partial charge in [-0.3, -0.25) is 15.6 Å². The summed E-state index contributed by atoms with van der Waals surface area (Å²) in [7, 11) is 0. The van der Waals surface area contributed by atoms with Crippen molar-refractivity contribution in [2.75, 3.05) is 13.1 Å². The van der Waals surface area contributed by atoms with Crippen molar-refractivity contribution in [3.05, 3.63) is 69.7 Å². The Morgan fingerprint density at radius 3 is 2.50 bits per heavy atom. The molecule has 1 saturated heterocycles. The smallest absolute Gasteiger partial charge is 0.256 e. The minimum atomic E-state index is -0.263. The van der Waals surface area contributed by atoms with Crippen LogP contribution in [0.15, 0.2) is 48.5 Å². The van der Waals surface area contributed by atoms with Gasteiger partial charge in [0.05, 0.1) is 22.2 Å². The molecule has 1 unspecified atom stereocenters. The predicted molar refractivity (Wildman–Crippen MR) is 105 cm³/mol. The summed E-state index contributed by atoms with van der Waals surface area (Å²) in [5.74, 6) is 0.194. The van der Waals surface area contributed by atoms with Gasteiger partial charge in [-0.15, -0.1) is 0 Å². The number of piperazine rings is 1. The SMILES string of the molecule is CC1CN(C(=N)c2ccccc2)C(=N)CN1C(=O)c1cccc(Cl)c1Cl. The number of benzene rings is 2. The minimum Gasteiger partial charge on any atom is -0.327 e. The number of carbonyl (C=O) groups excluding carboxylic acids is 1. The lowest BCUT2D eigenvalue weighted by Crippen LogP contribution is -2.58. The third-order valence-corrected chi connectivity index (χ3v) is 5.20. The van der Waals surface area contributed by atoms with Gasteiger partial charge in [0.1, 0.15) is 11.7 Å². The molecule has 7 heteroatoms. The Balaban J connectivity index is 1.80. The lowest BCUT2D eigenvalue weighted by atomic mass is 10.1. The van der Waals surface area contributed by atoms with Gasteiger partial charge in [-0.05, 0) is 19.1 Å². The number of nitrogens with one attached hydrogen (secondary N) is 2. The number of halogens is 2. The molecule has 2 N–H and O–H groups in total. The maximum Gasteiger partial charge on any atom is 0.256 e. The Hall–Kier alpha value is -2.37. The van der Waals surface area contributed by atoms with Gasteiger partial charge in [-0.25, -0.2) is 0 Å². The predicted octanol–water partition coefficient (Wildman–Crippen LogP) is 4.14. The van der Waals surface area contributed by atoms with Crippen molar-refractivity contribution in [2.45, 2.75) is 13.0 Å². The minimum absolute atomic E-state index is 0.109. The van der Waals surface area contributed by atoms with Crippen molar-refractivity contribution in [1.82, 2.24) is 9.80 Å². The van der Waals surface area contributed by atoms with E-state index in [4.69, 9.17) is 34.0 Å². The zero-order chi connectivity index (χ0) is 18.8. The fourth-order valence-electron chi connectivity index (χ4n) is 2.95. The molecule has 5 nitrogen and oxygen atoms in total. The number of amidine groups is 2. The van der Waals surface area contributed by atoms with Crippen molar-refractivity contribution in [1.29, 1.82) is 10.8 Å². The second-order valence-corrected chi connectivity index (χ2v) is 6.94. The molecule has 0 saturated carbocycles. The van der Waals surface area contributed by atoms with Gasteiger partial charge in [0, 0.05) is 18.2 Å². The van der Waals surface area contributed by atoms with E-state index in [1.807, 2.05) is 37.3 Å².